The summed E-state index contributed by atoms with van der Waals surface area (Å²) in [6.07, 6.45) is 41.2. The van der Waals surface area contributed by atoms with Crippen LogP contribution in [0.2, 0.25) is 0 Å². The van der Waals surface area contributed by atoms with E-state index in [4.69, 9.17) is 9.47 Å². The number of hydrogen-bond acceptors (Lipinski definition) is 4. The normalized spacial score (nSPS) is 11.5. The molecule has 0 fully saturated rings. The molecule has 0 spiro atoms. The first-order valence-electron chi connectivity index (χ1n) is 22.0. The van der Waals surface area contributed by atoms with E-state index < -0.39 is 0 Å². The number of carbonyl (C=O) groups excluding carboxylic acids is 2. The quantitative estimate of drug-likeness (QED) is 0.0398. The fraction of sp³-hybridized carbons (Fsp3) is 0.633. The van der Waals surface area contributed by atoms with Crippen molar-refractivity contribution in [3.63, 3.8) is 0 Å². The molecular formula is C49H76O4. The number of unbranched alkanes of at least 4 members (excludes halogenated alkanes) is 24. The number of hydrogen-bond donors (Lipinski definition) is 0. The Balaban J connectivity index is 1.48. The molecule has 0 saturated carbocycles. The maximum Gasteiger partial charge on any atom is 0.163 e. The third-order valence-corrected chi connectivity index (χ3v) is 10.1. The molecule has 0 aromatic heterocycles. The molecule has 0 atom stereocenters. The van der Waals surface area contributed by atoms with Crippen LogP contribution in [0.5, 0.6) is 11.5 Å². The van der Waals surface area contributed by atoms with Crippen molar-refractivity contribution in [2.45, 2.75) is 187 Å². The molecule has 296 valence electrons. The number of carbonyl (C=O) groups is 2. The molecule has 2 aromatic carbocycles. The molecule has 2 aromatic rings. The van der Waals surface area contributed by atoms with Gasteiger partial charge in [-0.25, -0.2) is 0 Å². The SMILES string of the molecule is CCCCCCCCCCCCCCCOc1ccc(/C=C/C(=O)CC(=O)/C=C/c2ccc(OCCCCCCCCCCCCCCC)cc2)cc1. The first-order valence-corrected chi connectivity index (χ1v) is 22.0. The number of allylic oxidation sites excluding steroid dienone is 2. The van der Waals surface area contributed by atoms with Crippen LogP contribution in [-0.2, 0) is 9.59 Å². The summed E-state index contributed by atoms with van der Waals surface area (Å²) in [7, 11) is 0. The highest BCUT2D eigenvalue weighted by Gasteiger charge is 2.04. The molecule has 4 nitrogen and oxygen atoms in total. The summed E-state index contributed by atoms with van der Waals surface area (Å²) < 4.78 is 11.8. The molecule has 0 unspecified atom stereocenters. The Hall–Kier alpha value is -3.14. The van der Waals surface area contributed by atoms with Crippen molar-refractivity contribution in [2.24, 2.45) is 0 Å². The smallest absolute Gasteiger partial charge is 0.163 e. The van der Waals surface area contributed by atoms with Gasteiger partial charge in [-0.05, 0) is 60.4 Å². The van der Waals surface area contributed by atoms with Crippen molar-refractivity contribution < 1.29 is 19.1 Å². The van der Waals surface area contributed by atoms with E-state index in [0.29, 0.717) is 0 Å². The predicted octanol–water partition coefficient (Wildman–Crippen LogP) is 14.9. The zero-order valence-electron chi connectivity index (χ0n) is 34.1. The van der Waals surface area contributed by atoms with Crippen LogP contribution in [0.25, 0.3) is 12.2 Å². The van der Waals surface area contributed by atoms with E-state index in [9.17, 15) is 9.59 Å². The van der Waals surface area contributed by atoms with Gasteiger partial charge in [0.2, 0.25) is 0 Å². The molecule has 0 aliphatic heterocycles. The lowest BCUT2D eigenvalue weighted by Crippen LogP contribution is -2.02. The van der Waals surface area contributed by atoms with E-state index in [1.807, 2.05) is 48.5 Å². The van der Waals surface area contributed by atoms with Crippen LogP contribution in [0.1, 0.15) is 198 Å². The summed E-state index contributed by atoms with van der Waals surface area (Å²) in [6, 6.07) is 15.5. The van der Waals surface area contributed by atoms with Crippen LogP contribution in [0.15, 0.2) is 60.7 Å². The monoisotopic (exact) mass is 729 g/mol. The summed E-state index contributed by atoms with van der Waals surface area (Å²) in [6.45, 7) is 6.02. The lowest BCUT2D eigenvalue weighted by molar-refractivity contribution is -0.121. The minimum absolute atomic E-state index is 0.145. The third kappa shape index (κ3) is 27.2. The van der Waals surface area contributed by atoms with Crippen LogP contribution >= 0.6 is 0 Å². The number of benzene rings is 2. The van der Waals surface area contributed by atoms with Crippen LogP contribution in [0, 0.1) is 0 Å². The lowest BCUT2D eigenvalue weighted by atomic mass is 10.0. The molecule has 4 heteroatoms. The van der Waals surface area contributed by atoms with Crippen LogP contribution in [-0.4, -0.2) is 24.8 Å². The second-order valence-electron chi connectivity index (χ2n) is 15.1. The first-order chi connectivity index (χ1) is 26.1. The van der Waals surface area contributed by atoms with Gasteiger partial charge >= 0.3 is 0 Å². The Morgan fingerprint density at radius 3 is 0.943 bits per heavy atom. The lowest BCUT2D eigenvalue weighted by Gasteiger charge is -2.07. The van der Waals surface area contributed by atoms with Gasteiger partial charge in [0.05, 0.1) is 19.6 Å². The van der Waals surface area contributed by atoms with Crippen molar-refractivity contribution >= 4 is 23.7 Å². The van der Waals surface area contributed by atoms with Gasteiger partial charge in [-0.2, -0.15) is 0 Å². The summed E-state index contributed by atoms with van der Waals surface area (Å²) in [5.74, 6) is 1.28. The van der Waals surface area contributed by atoms with E-state index in [0.717, 1.165) is 48.7 Å². The molecule has 0 bridgehead atoms. The molecule has 0 saturated heterocycles. The van der Waals surface area contributed by atoms with Gasteiger partial charge in [0.1, 0.15) is 11.5 Å². The summed E-state index contributed by atoms with van der Waals surface area (Å²) in [5.41, 5.74) is 1.82. The minimum atomic E-state index is -0.209. The maximum absolute atomic E-state index is 12.4. The molecule has 0 aliphatic carbocycles. The van der Waals surface area contributed by atoms with Crippen molar-refractivity contribution in [3.05, 3.63) is 71.8 Å². The summed E-state index contributed by atoms with van der Waals surface area (Å²) >= 11 is 0. The zero-order valence-corrected chi connectivity index (χ0v) is 34.1. The predicted molar refractivity (Wildman–Crippen MR) is 228 cm³/mol. The Morgan fingerprint density at radius 1 is 0.396 bits per heavy atom. The average molecular weight is 729 g/mol. The molecule has 0 N–H and O–H groups in total. The maximum atomic E-state index is 12.4. The highest BCUT2D eigenvalue weighted by molar-refractivity contribution is 6.10. The fourth-order valence-electron chi connectivity index (χ4n) is 6.64. The van der Waals surface area contributed by atoms with Gasteiger partial charge in [0.15, 0.2) is 11.6 Å². The van der Waals surface area contributed by atoms with Gasteiger partial charge in [0.25, 0.3) is 0 Å². The van der Waals surface area contributed by atoms with Gasteiger partial charge in [0, 0.05) is 0 Å². The van der Waals surface area contributed by atoms with Gasteiger partial charge in [-0.1, -0.05) is 204 Å². The Labute approximate surface area is 325 Å². The molecule has 53 heavy (non-hydrogen) atoms. The number of rotatable bonds is 36. The van der Waals surface area contributed by atoms with E-state index in [1.165, 1.54) is 166 Å². The second-order valence-corrected chi connectivity index (χ2v) is 15.1. The van der Waals surface area contributed by atoms with Gasteiger partial charge < -0.3 is 9.47 Å². The van der Waals surface area contributed by atoms with E-state index in [-0.39, 0.29) is 18.0 Å². The third-order valence-electron chi connectivity index (χ3n) is 10.1. The zero-order chi connectivity index (χ0) is 37.9. The molecule has 0 radical (unpaired) electrons. The van der Waals surface area contributed by atoms with Crippen molar-refractivity contribution in [1.29, 1.82) is 0 Å². The minimum Gasteiger partial charge on any atom is -0.494 e. The largest absolute Gasteiger partial charge is 0.494 e. The van der Waals surface area contributed by atoms with E-state index in [2.05, 4.69) is 13.8 Å². The summed E-state index contributed by atoms with van der Waals surface area (Å²) in [4.78, 5) is 24.8. The summed E-state index contributed by atoms with van der Waals surface area (Å²) in [5, 5.41) is 0. The molecular weight excluding hydrogens is 653 g/mol. The van der Waals surface area contributed by atoms with Crippen molar-refractivity contribution in [1.82, 2.24) is 0 Å². The Kier molecular flexibility index (Phi) is 29.0. The highest BCUT2D eigenvalue weighted by Crippen LogP contribution is 2.18. The number of ether oxygens (including phenoxy) is 2. The molecule has 0 heterocycles. The van der Waals surface area contributed by atoms with Crippen molar-refractivity contribution in [3.8, 4) is 11.5 Å². The van der Waals surface area contributed by atoms with Gasteiger partial charge in [-0.15, -0.1) is 0 Å². The van der Waals surface area contributed by atoms with Crippen molar-refractivity contribution in [2.75, 3.05) is 13.2 Å². The van der Waals surface area contributed by atoms with Crippen LogP contribution in [0.4, 0.5) is 0 Å². The second kappa shape index (κ2) is 33.4. The fourth-order valence-corrected chi connectivity index (χ4v) is 6.64. The average Bonchev–Trinajstić information content (AvgIpc) is 3.17. The highest BCUT2D eigenvalue weighted by atomic mass is 16.5. The van der Waals surface area contributed by atoms with E-state index >= 15 is 0 Å². The number of ketones is 2. The van der Waals surface area contributed by atoms with Crippen LogP contribution < -0.4 is 9.47 Å². The Bertz CT molecular complexity index is 1110. The van der Waals surface area contributed by atoms with Gasteiger partial charge in [-0.3, -0.25) is 9.59 Å². The molecule has 2 rings (SSSR count). The van der Waals surface area contributed by atoms with E-state index in [1.54, 1.807) is 12.2 Å². The standard InChI is InChI=1S/C49H76O4/c1-3-5-7-9-11-13-15-17-19-21-23-25-27-41-52-48-37-31-44(32-38-48)29-35-46(50)43-47(51)36-30-45-33-39-49(40-34-45)53-42-28-26-24-22-20-18-16-14-12-10-8-6-4-2/h29-40H,3-28,41-43H2,1-2H3/b35-29+,36-30+. The Morgan fingerprint density at radius 2 is 0.660 bits per heavy atom. The van der Waals surface area contributed by atoms with Crippen LogP contribution in [0.3, 0.4) is 0 Å². The molecule has 0 amide bonds. The first kappa shape index (κ1) is 46.0. The topological polar surface area (TPSA) is 52.6 Å². The molecule has 0 aliphatic rings.